The third kappa shape index (κ3) is 4.54. The van der Waals surface area contributed by atoms with E-state index in [9.17, 15) is 14.4 Å². The van der Waals surface area contributed by atoms with Crippen LogP contribution in [0.15, 0.2) is 0 Å². The molecule has 0 aromatic heterocycles. The molecule has 1 aliphatic carbocycles. The molecule has 0 aliphatic heterocycles. The summed E-state index contributed by atoms with van der Waals surface area (Å²) in [5.41, 5.74) is -0.544. The number of hydrogen-bond donors (Lipinski definition) is 3. The third-order valence-corrected chi connectivity index (χ3v) is 3.27. The van der Waals surface area contributed by atoms with Gasteiger partial charge in [0.25, 0.3) is 0 Å². The van der Waals surface area contributed by atoms with Crippen LogP contribution >= 0.6 is 0 Å². The Morgan fingerprint density at radius 2 is 1.84 bits per heavy atom. The van der Waals surface area contributed by atoms with E-state index in [0.29, 0.717) is 12.8 Å². The molecule has 0 bridgehead atoms. The van der Waals surface area contributed by atoms with Gasteiger partial charge in [0.2, 0.25) is 11.8 Å². The van der Waals surface area contributed by atoms with Crippen LogP contribution in [0.25, 0.3) is 0 Å². The Balaban J connectivity index is 2.40. The van der Waals surface area contributed by atoms with E-state index >= 15 is 0 Å². The maximum atomic E-state index is 11.7. The lowest BCUT2D eigenvalue weighted by molar-refractivity contribution is -0.142. The molecule has 6 heteroatoms. The predicted molar refractivity (Wildman–Crippen MR) is 69.4 cm³/mol. The first kappa shape index (κ1) is 15.5. The Bertz CT molecular complexity index is 373. The molecule has 1 rings (SSSR count). The number of aliphatic carboxylic acids is 1. The van der Waals surface area contributed by atoms with E-state index in [4.69, 9.17) is 5.11 Å². The van der Waals surface area contributed by atoms with Gasteiger partial charge in [-0.2, -0.15) is 0 Å². The van der Waals surface area contributed by atoms with E-state index in [0.717, 1.165) is 6.42 Å². The number of carboxylic acid groups (broad SMARTS) is 1. The highest BCUT2D eigenvalue weighted by molar-refractivity contribution is 5.87. The van der Waals surface area contributed by atoms with Crippen LogP contribution in [0.2, 0.25) is 0 Å². The Morgan fingerprint density at radius 1 is 1.21 bits per heavy atom. The molecule has 0 aromatic carbocycles. The molecule has 0 unspecified atom stereocenters. The SMILES string of the molecule is CC(C)(C)C(=O)NCC(=O)N[C@@H]1CCC[C@@H]1C(=O)O. The van der Waals surface area contributed by atoms with Crippen molar-refractivity contribution < 1.29 is 19.5 Å². The molecular formula is C13H22N2O4. The van der Waals surface area contributed by atoms with Gasteiger partial charge in [0.15, 0.2) is 0 Å². The van der Waals surface area contributed by atoms with Gasteiger partial charge in [0.1, 0.15) is 0 Å². The molecule has 2 atom stereocenters. The largest absolute Gasteiger partial charge is 0.481 e. The van der Waals surface area contributed by atoms with Crippen LogP contribution in [0.5, 0.6) is 0 Å². The number of amides is 2. The smallest absolute Gasteiger partial charge is 0.308 e. The van der Waals surface area contributed by atoms with Crippen molar-refractivity contribution in [2.75, 3.05) is 6.54 Å². The van der Waals surface area contributed by atoms with Crippen molar-refractivity contribution >= 4 is 17.8 Å². The summed E-state index contributed by atoms with van der Waals surface area (Å²) in [5.74, 6) is -1.93. The van der Waals surface area contributed by atoms with Crippen LogP contribution in [0.1, 0.15) is 40.0 Å². The van der Waals surface area contributed by atoms with Crippen LogP contribution < -0.4 is 10.6 Å². The molecule has 1 saturated carbocycles. The predicted octanol–water partition coefficient (Wildman–Crippen LogP) is 0.518. The van der Waals surface area contributed by atoms with Gasteiger partial charge in [-0.25, -0.2) is 0 Å². The fraction of sp³-hybridized carbons (Fsp3) is 0.769. The Morgan fingerprint density at radius 3 is 2.37 bits per heavy atom. The summed E-state index contributed by atoms with van der Waals surface area (Å²) >= 11 is 0. The van der Waals surface area contributed by atoms with Crippen LogP contribution in [0.4, 0.5) is 0 Å². The molecule has 0 heterocycles. The van der Waals surface area contributed by atoms with E-state index in [1.165, 1.54) is 0 Å². The highest BCUT2D eigenvalue weighted by Gasteiger charge is 2.33. The first-order valence-electron chi connectivity index (χ1n) is 6.52. The maximum Gasteiger partial charge on any atom is 0.308 e. The fourth-order valence-electron chi connectivity index (χ4n) is 2.11. The molecule has 0 saturated heterocycles. The average Bonchev–Trinajstić information content (AvgIpc) is 2.72. The van der Waals surface area contributed by atoms with Crippen molar-refractivity contribution in [3.8, 4) is 0 Å². The zero-order valence-corrected chi connectivity index (χ0v) is 11.7. The Kier molecular flexibility index (Phi) is 4.91. The molecule has 0 radical (unpaired) electrons. The minimum atomic E-state index is -0.874. The van der Waals surface area contributed by atoms with Crippen LogP contribution in [-0.2, 0) is 14.4 Å². The monoisotopic (exact) mass is 270 g/mol. The molecule has 1 aliphatic rings. The third-order valence-electron chi connectivity index (χ3n) is 3.27. The first-order chi connectivity index (χ1) is 8.71. The molecule has 0 aromatic rings. The molecule has 1 fully saturated rings. The number of carbonyl (C=O) groups excluding carboxylic acids is 2. The van der Waals surface area contributed by atoms with Gasteiger partial charge in [-0.3, -0.25) is 14.4 Å². The lowest BCUT2D eigenvalue weighted by atomic mass is 9.96. The van der Waals surface area contributed by atoms with Crippen LogP contribution in [0.3, 0.4) is 0 Å². The average molecular weight is 270 g/mol. The van der Waals surface area contributed by atoms with Crippen molar-refractivity contribution in [1.82, 2.24) is 10.6 Å². The van der Waals surface area contributed by atoms with Gasteiger partial charge in [-0.1, -0.05) is 27.2 Å². The van der Waals surface area contributed by atoms with E-state index in [1.54, 1.807) is 20.8 Å². The maximum absolute atomic E-state index is 11.7. The molecule has 3 N–H and O–H groups in total. The highest BCUT2D eigenvalue weighted by Crippen LogP contribution is 2.25. The summed E-state index contributed by atoms with van der Waals surface area (Å²) in [4.78, 5) is 34.2. The topological polar surface area (TPSA) is 95.5 Å². The van der Waals surface area contributed by atoms with Gasteiger partial charge in [-0.15, -0.1) is 0 Å². The summed E-state index contributed by atoms with van der Waals surface area (Å²) in [6.45, 7) is 5.17. The molecular weight excluding hydrogens is 248 g/mol. The zero-order chi connectivity index (χ0) is 14.6. The zero-order valence-electron chi connectivity index (χ0n) is 11.7. The summed E-state index contributed by atoms with van der Waals surface area (Å²) < 4.78 is 0. The van der Waals surface area contributed by atoms with Gasteiger partial charge in [-0.05, 0) is 12.8 Å². The number of nitrogens with one attached hydrogen (secondary N) is 2. The van der Waals surface area contributed by atoms with Crippen molar-refractivity contribution in [2.45, 2.75) is 46.1 Å². The second kappa shape index (κ2) is 6.04. The number of carboxylic acids is 1. The van der Waals surface area contributed by atoms with Crippen LogP contribution in [-0.4, -0.2) is 35.5 Å². The number of carbonyl (C=O) groups is 3. The van der Waals surface area contributed by atoms with Gasteiger partial charge < -0.3 is 15.7 Å². The minimum Gasteiger partial charge on any atom is -0.481 e. The lowest BCUT2D eigenvalue weighted by Crippen LogP contribution is -2.46. The van der Waals surface area contributed by atoms with E-state index in [1.807, 2.05) is 0 Å². The van der Waals surface area contributed by atoms with Crippen molar-refractivity contribution in [1.29, 1.82) is 0 Å². The van der Waals surface area contributed by atoms with Crippen molar-refractivity contribution in [3.63, 3.8) is 0 Å². The number of hydrogen-bond acceptors (Lipinski definition) is 3. The Labute approximate surface area is 112 Å². The highest BCUT2D eigenvalue weighted by atomic mass is 16.4. The molecule has 19 heavy (non-hydrogen) atoms. The van der Waals surface area contributed by atoms with Gasteiger partial charge in [0, 0.05) is 11.5 Å². The molecule has 6 nitrogen and oxygen atoms in total. The van der Waals surface area contributed by atoms with E-state index in [-0.39, 0.29) is 24.4 Å². The second-order valence-corrected chi connectivity index (χ2v) is 5.98. The fourth-order valence-corrected chi connectivity index (χ4v) is 2.11. The quantitative estimate of drug-likeness (QED) is 0.694. The second-order valence-electron chi connectivity index (χ2n) is 5.98. The minimum absolute atomic E-state index is 0.112. The van der Waals surface area contributed by atoms with Crippen molar-refractivity contribution in [2.24, 2.45) is 11.3 Å². The molecule has 0 spiro atoms. The van der Waals surface area contributed by atoms with Gasteiger partial charge >= 0.3 is 5.97 Å². The lowest BCUT2D eigenvalue weighted by Gasteiger charge is -2.20. The van der Waals surface area contributed by atoms with Crippen molar-refractivity contribution in [3.05, 3.63) is 0 Å². The summed E-state index contributed by atoms with van der Waals surface area (Å²) in [6, 6.07) is -0.323. The summed E-state index contributed by atoms with van der Waals surface area (Å²) in [5, 5.41) is 14.2. The summed E-state index contributed by atoms with van der Waals surface area (Å²) in [7, 11) is 0. The summed E-state index contributed by atoms with van der Waals surface area (Å²) in [6.07, 6.45) is 2.07. The van der Waals surface area contributed by atoms with E-state index < -0.39 is 17.3 Å². The number of rotatable bonds is 4. The first-order valence-corrected chi connectivity index (χ1v) is 6.52. The van der Waals surface area contributed by atoms with Gasteiger partial charge in [0.05, 0.1) is 12.5 Å². The van der Waals surface area contributed by atoms with Crippen LogP contribution in [0, 0.1) is 11.3 Å². The molecule has 108 valence electrons. The Hall–Kier alpha value is -1.59. The standard InChI is InChI=1S/C13H22N2O4/c1-13(2,3)12(19)14-7-10(16)15-9-6-4-5-8(9)11(17)18/h8-9H,4-7H2,1-3H3,(H,14,19)(H,15,16)(H,17,18)/t8-,9+/m0/s1. The molecule has 2 amide bonds. The van der Waals surface area contributed by atoms with E-state index in [2.05, 4.69) is 10.6 Å². The normalized spacial score (nSPS) is 22.9.